The van der Waals surface area contributed by atoms with Crippen LogP contribution in [0.4, 0.5) is 29.0 Å². The number of nitrogens with zero attached hydrogens (tertiary/aromatic N) is 5. The van der Waals surface area contributed by atoms with Gasteiger partial charge in [-0.1, -0.05) is 35.8 Å². The van der Waals surface area contributed by atoms with E-state index in [9.17, 15) is 49.1 Å². The Morgan fingerprint density at radius 3 is 1.98 bits per heavy atom. The zero-order chi connectivity index (χ0) is 33.1. The van der Waals surface area contributed by atoms with Crippen molar-refractivity contribution in [2.75, 3.05) is 11.1 Å². The van der Waals surface area contributed by atoms with E-state index in [4.69, 9.17) is 17.3 Å². The molecule has 48 heavy (non-hydrogen) atoms. The molecule has 0 spiro atoms. The number of azo groups is 1. The first kappa shape index (κ1) is 42.4. The van der Waals surface area contributed by atoms with E-state index in [1.165, 1.54) is 18.2 Å². The van der Waals surface area contributed by atoms with Gasteiger partial charge in [0.1, 0.15) is 19.9 Å². The summed E-state index contributed by atoms with van der Waals surface area (Å²) in [6.45, 7) is 0. The van der Waals surface area contributed by atoms with Gasteiger partial charge in [-0.15, -0.1) is 5.11 Å². The Hall–Kier alpha value is -1.77. The SMILES string of the molecule is Nc1nc(Cl)nc(Nc2cccc3cc(S(=O)(=O)O)c(N=Nc4cc(S(=O)(=O)O)c5cccc(S(=O)(=O)[O-])c5c4[O-])c([O-])c23)n1.[Na+].[Na+].[Na+]. The zero-order valence-electron chi connectivity index (χ0n) is 24.6. The first-order chi connectivity index (χ1) is 20.9. The number of rotatable bonds is 7. The van der Waals surface area contributed by atoms with Crippen molar-refractivity contribution >= 4 is 92.5 Å². The Kier molecular flexibility index (Phi) is 13.8. The molecule has 0 atom stereocenters. The number of fused-ring (bicyclic) bond motifs is 2. The van der Waals surface area contributed by atoms with Crippen LogP contribution in [0, 0.1) is 0 Å². The summed E-state index contributed by atoms with van der Waals surface area (Å²) in [6.07, 6.45) is 0. The van der Waals surface area contributed by atoms with Crippen molar-refractivity contribution in [1.82, 2.24) is 15.0 Å². The van der Waals surface area contributed by atoms with Crippen LogP contribution in [0.25, 0.3) is 21.5 Å². The molecule has 0 saturated carbocycles. The Morgan fingerprint density at radius 1 is 0.771 bits per heavy atom. The molecule has 5 rings (SSSR count). The first-order valence-corrected chi connectivity index (χ1v) is 16.3. The number of aromatic nitrogens is 3. The third kappa shape index (κ3) is 8.74. The van der Waals surface area contributed by atoms with Gasteiger partial charge in [0.15, 0.2) is 0 Å². The molecule has 1 heterocycles. The summed E-state index contributed by atoms with van der Waals surface area (Å²) >= 11 is 5.79. The van der Waals surface area contributed by atoms with Crippen molar-refractivity contribution in [2.24, 2.45) is 10.2 Å². The maximum absolute atomic E-state index is 13.7. The van der Waals surface area contributed by atoms with Gasteiger partial charge in [0.25, 0.3) is 20.2 Å². The fourth-order valence-electron chi connectivity index (χ4n) is 4.29. The van der Waals surface area contributed by atoms with Crippen LogP contribution in [0.5, 0.6) is 11.5 Å². The van der Waals surface area contributed by atoms with Crippen molar-refractivity contribution in [3.63, 3.8) is 0 Å². The fourth-order valence-corrected chi connectivity index (χ4v) is 6.51. The molecule has 0 radical (unpaired) electrons. The molecule has 0 aliphatic carbocycles. The van der Waals surface area contributed by atoms with Crippen molar-refractivity contribution in [3.05, 3.63) is 53.8 Å². The van der Waals surface area contributed by atoms with Gasteiger partial charge in [-0.3, -0.25) is 9.11 Å². The van der Waals surface area contributed by atoms with Gasteiger partial charge in [-0.2, -0.15) is 36.9 Å². The van der Waals surface area contributed by atoms with E-state index in [0.717, 1.165) is 18.2 Å². The molecule has 0 fully saturated rings. The minimum Gasteiger partial charge on any atom is -0.871 e. The second-order valence-corrected chi connectivity index (χ2v) is 13.3. The number of nitrogen functional groups attached to an aromatic ring is 1. The molecular weight excluding hydrogens is 751 g/mol. The van der Waals surface area contributed by atoms with Crippen molar-refractivity contribution < 1.29 is 138 Å². The molecule has 5 N–H and O–H groups in total. The quantitative estimate of drug-likeness (QED) is 0.0680. The molecule has 0 aliphatic heterocycles. The molecule has 234 valence electrons. The van der Waals surface area contributed by atoms with Gasteiger partial charge in [0, 0.05) is 11.1 Å². The third-order valence-electron chi connectivity index (χ3n) is 6.03. The minimum absolute atomic E-state index is 0. The van der Waals surface area contributed by atoms with Gasteiger partial charge >= 0.3 is 88.7 Å². The number of halogens is 1. The van der Waals surface area contributed by atoms with Gasteiger partial charge in [0.05, 0.1) is 16.3 Å². The molecule has 25 heteroatoms. The molecule has 0 bridgehead atoms. The molecule has 1 aromatic heterocycles. The van der Waals surface area contributed by atoms with Crippen molar-refractivity contribution in [3.8, 4) is 11.5 Å². The number of benzene rings is 4. The maximum atomic E-state index is 13.7. The van der Waals surface area contributed by atoms with Crippen molar-refractivity contribution in [2.45, 2.75) is 14.7 Å². The van der Waals surface area contributed by atoms with E-state index in [1.807, 2.05) is 0 Å². The van der Waals surface area contributed by atoms with Crippen LogP contribution in [0.15, 0.2) is 73.4 Å². The smallest absolute Gasteiger partial charge is 0.871 e. The summed E-state index contributed by atoms with van der Waals surface area (Å²) in [5.74, 6) is -3.10. The van der Waals surface area contributed by atoms with Gasteiger partial charge in [0.2, 0.25) is 17.2 Å². The average molecular weight is 764 g/mol. The number of nitrogens with two attached hydrogens (primary N) is 1. The molecular formula is C23H13ClN7Na3O11S3. The van der Waals surface area contributed by atoms with E-state index < -0.39 is 78.7 Å². The Morgan fingerprint density at radius 2 is 1.40 bits per heavy atom. The van der Waals surface area contributed by atoms with Crippen molar-refractivity contribution in [1.29, 1.82) is 0 Å². The Balaban J connectivity index is 0.00000267. The summed E-state index contributed by atoms with van der Waals surface area (Å²) in [7, 11) is -15.8. The predicted octanol–water partition coefficient (Wildman–Crippen LogP) is -6.87. The first-order valence-electron chi connectivity index (χ1n) is 11.7. The largest absolute Gasteiger partial charge is 1.00 e. The molecule has 0 unspecified atom stereocenters. The summed E-state index contributed by atoms with van der Waals surface area (Å²) in [5, 5.41) is 34.3. The van der Waals surface area contributed by atoms with E-state index in [2.05, 4.69) is 30.5 Å². The van der Waals surface area contributed by atoms with Gasteiger partial charge in [-0.25, -0.2) is 8.42 Å². The zero-order valence-corrected chi connectivity index (χ0v) is 33.8. The molecule has 0 saturated heterocycles. The van der Waals surface area contributed by atoms with E-state index >= 15 is 0 Å². The average Bonchev–Trinajstić information content (AvgIpc) is 2.90. The van der Waals surface area contributed by atoms with Crippen LogP contribution in [-0.4, -0.2) is 53.9 Å². The van der Waals surface area contributed by atoms with Crippen LogP contribution < -0.4 is 110 Å². The third-order valence-corrected chi connectivity index (χ3v) is 8.84. The Labute approximate surface area is 342 Å². The van der Waals surface area contributed by atoms with Crippen LogP contribution in [0.3, 0.4) is 0 Å². The molecule has 4 aromatic carbocycles. The monoisotopic (exact) mass is 763 g/mol. The summed E-state index contributed by atoms with van der Waals surface area (Å²) in [5.41, 5.74) is 3.40. The Bertz CT molecular complexity index is 2440. The molecule has 0 amide bonds. The summed E-state index contributed by atoms with van der Waals surface area (Å²) in [6, 6.07) is 7.93. The number of hydrogen-bond acceptors (Lipinski definition) is 16. The summed E-state index contributed by atoms with van der Waals surface area (Å²) in [4.78, 5) is 7.92. The van der Waals surface area contributed by atoms with Crippen LogP contribution >= 0.6 is 11.6 Å². The number of anilines is 3. The second kappa shape index (κ2) is 15.6. The van der Waals surface area contributed by atoms with Gasteiger partial charge in [-0.05, 0) is 52.0 Å². The number of nitrogens with one attached hydrogen (secondary N) is 1. The van der Waals surface area contributed by atoms with Crippen LogP contribution in [-0.2, 0) is 30.4 Å². The fraction of sp³-hybridized carbons (Fsp3) is 0. The molecule has 5 aromatic rings. The van der Waals surface area contributed by atoms with E-state index in [-0.39, 0.29) is 122 Å². The second-order valence-electron chi connectivity index (χ2n) is 8.87. The standard InChI is InChI=1S/C23H16ClN7O11S3.3Na/c24-21-27-22(25)29-23(28-21)26-11-5-1-3-9-7-15(45(40,41)42)18(20(33)16(9)11)31-30-12-8-14(44(37,38)39)10-4-2-6-13(43(34,35)36)17(10)19(12)32;;;/h1-8,32-33H,(H,34,35,36)(H,37,38,39)(H,40,41,42)(H3,25,26,27,28,29);;;/q;3*+1/p-3. The molecule has 0 aliphatic rings. The minimum atomic E-state index is -5.39. The predicted molar refractivity (Wildman–Crippen MR) is 151 cm³/mol. The molecule has 18 nitrogen and oxygen atoms in total. The van der Waals surface area contributed by atoms with Crippen LogP contribution in [0.2, 0.25) is 5.28 Å². The summed E-state index contributed by atoms with van der Waals surface area (Å²) < 4.78 is 104. The van der Waals surface area contributed by atoms with E-state index in [0.29, 0.717) is 12.1 Å². The van der Waals surface area contributed by atoms with Crippen LogP contribution in [0.1, 0.15) is 0 Å². The topological polar surface area (TPSA) is 313 Å². The maximum Gasteiger partial charge on any atom is 1.00 e. The normalized spacial score (nSPS) is 11.9. The van der Waals surface area contributed by atoms with Gasteiger partial charge < -0.3 is 25.8 Å². The van der Waals surface area contributed by atoms with E-state index in [1.54, 1.807) is 0 Å². The number of hydrogen-bond donors (Lipinski definition) is 4.